The van der Waals surface area contributed by atoms with E-state index in [0.29, 0.717) is 0 Å². The molecule has 0 atom stereocenters. The van der Waals surface area contributed by atoms with Crippen molar-refractivity contribution in [2.45, 2.75) is 12.3 Å². The van der Waals surface area contributed by atoms with E-state index >= 15 is 0 Å². The number of phenols is 1. The summed E-state index contributed by atoms with van der Waals surface area (Å²) in [5.74, 6) is 0.216. The number of anilines is 3. The normalized spacial score (nSPS) is 12.8. The average molecular weight is 682 g/mol. The summed E-state index contributed by atoms with van der Waals surface area (Å²) in [5.41, 5.74) is 14.0. The molecule has 1 heterocycles. The number of furan rings is 1. The van der Waals surface area contributed by atoms with Crippen molar-refractivity contribution in [2.75, 3.05) is 4.90 Å². The first kappa shape index (κ1) is 30.9. The maximum atomic E-state index is 11.7. The molecular weight excluding hydrogens is 647 g/mol. The molecule has 0 saturated heterocycles. The predicted molar refractivity (Wildman–Crippen MR) is 218 cm³/mol. The van der Waals surface area contributed by atoms with Crippen LogP contribution in [0.4, 0.5) is 17.1 Å². The van der Waals surface area contributed by atoms with Crippen LogP contribution in [0, 0.1) is 0 Å². The van der Waals surface area contributed by atoms with Crippen molar-refractivity contribution in [1.29, 1.82) is 0 Å². The maximum absolute atomic E-state index is 11.7. The number of benzene rings is 8. The van der Waals surface area contributed by atoms with Crippen LogP contribution in [0.3, 0.4) is 0 Å². The van der Waals surface area contributed by atoms with Crippen LogP contribution in [0.1, 0.15) is 23.6 Å². The third kappa shape index (κ3) is 4.82. The van der Waals surface area contributed by atoms with Crippen LogP contribution in [-0.2, 0) is 5.41 Å². The van der Waals surface area contributed by atoms with Gasteiger partial charge in [0.15, 0.2) is 0 Å². The highest BCUT2D eigenvalue weighted by molar-refractivity contribution is 6.09. The van der Waals surface area contributed by atoms with Gasteiger partial charge in [0.25, 0.3) is 0 Å². The minimum atomic E-state index is -0.579. The van der Waals surface area contributed by atoms with Crippen molar-refractivity contribution in [2.24, 2.45) is 0 Å². The van der Waals surface area contributed by atoms with Crippen molar-refractivity contribution in [3.63, 3.8) is 0 Å². The Morgan fingerprint density at radius 3 is 1.72 bits per heavy atom. The minimum absolute atomic E-state index is 0.216. The molecule has 0 amide bonds. The highest BCUT2D eigenvalue weighted by Gasteiger charge is 2.45. The number of nitrogens with zero attached hydrogens (tertiary/aromatic N) is 1. The standard InChI is InChI=1S/C50H35NO2/c1-50(43-21-11-8-18-39(43)40-19-9-12-22-44(40)50)48-45(31-30-42-41-20-10-13-23-47(41)53-49(42)48)51(36-26-24-34(25-27-36)33-14-4-2-5-15-33)37-28-29-38(46(52)32-37)35-16-6-3-7-17-35/h2-32,52H,1H3. The highest BCUT2D eigenvalue weighted by Crippen LogP contribution is 2.58. The number of aromatic hydroxyl groups is 1. The van der Waals surface area contributed by atoms with E-state index < -0.39 is 5.41 Å². The molecule has 0 aliphatic heterocycles. The topological polar surface area (TPSA) is 36.6 Å². The summed E-state index contributed by atoms with van der Waals surface area (Å²) in [6.45, 7) is 2.34. The first-order valence-corrected chi connectivity index (χ1v) is 18.1. The average Bonchev–Trinajstić information content (AvgIpc) is 3.72. The van der Waals surface area contributed by atoms with Gasteiger partial charge >= 0.3 is 0 Å². The van der Waals surface area contributed by atoms with E-state index in [-0.39, 0.29) is 5.75 Å². The summed E-state index contributed by atoms with van der Waals surface area (Å²) in [5, 5.41) is 13.9. The summed E-state index contributed by atoms with van der Waals surface area (Å²) in [6, 6.07) is 65.5. The fourth-order valence-corrected chi connectivity index (χ4v) is 8.55. The van der Waals surface area contributed by atoms with Crippen molar-refractivity contribution < 1.29 is 9.52 Å². The van der Waals surface area contributed by atoms with Gasteiger partial charge in [0, 0.05) is 44.8 Å². The fraction of sp³-hybridized carbons (Fsp3) is 0.0400. The monoisotopic (exact) mass is 681 g/mol. The van der Waals surface area contributed by atoms with Gasteiger partial charge in [-0.1, -0.05) is 140 Å². The Hall–Kier alpha value is -6.84. The van der Waals surface area contributed by atoms with E-state index in [9.17, 15) is 5.11 Å². The van der Waals surface area contributed by atoms with Gasteiger partial charge in [0.2, 0.25) is 0 Å². The number of hydrogen-bond donors (Lipinski definition) is 1. The summed E-state index contributed by atoms with van der Waals surface area (Å²) in [6.07, 6.45) is 0. The first-order valence-electron chi connectivity index (χ1n) is 18.1. The predicted octanol–water partition coefficient (Wildman–Crippen LogP) is 13.4. The van der Waals surface area contributed by atoms with Crippen LogP contribution in [0.25, 0.3) is 55.3 Å². The van der Waals surface area contributed by atoms with Crippen LogP contribution < -0.4 is 4.90 Å². The highest BCUT2D eigenvalue weighted by atomic mass is 16.3. The Morgan fingerprint density at radius 1 is 0.472 bits per heavy atom. The second-order valence-electron chi connectivity index (χ2n) is 14.0. The molecule has 0 fully saturated rings. The van der Waals surface area contributed by atoms with Crippen LogP contribution in [0.15, 0.2) is 192 Å². The molecule has 0 spiro atoms. The van der Waals surface area contributed by atoms with Gasteiger partial charge in [-0.25, -0.2) is 0 Å². The summed E-state index contributed by atoms with van der Waals surface area (Å²) >= 11 is 0. The Kier molecular flexibility index (Phi) is 7.09. The van der Waals surface area contributed by atoms with Crippen molar-refractivity contribution >= 4 is 39.0 Å². The molecular formula is C50H35NO2. The Bertz CT molecular complexity index is 2750. The smallest absolute Gasteiger partial charge is 0.141 e. The van der Waals surface area contributed by atoms with E-state index in [1.807, 2.05) is 54.6 Å². The molecule has 1 aromatic heterocycles. The molecule has 53 heavy (non-hydrogen) atoms. The van der Waals surface area contributed by atoms with Gasteiger partial charge in [0.1, 0.15) is 16.9 Å². The molecule has 3 heteroatoms. The van der Waals surface area contributed by atoms with E-state index in [4.69, 9.17) is 4.42 Å². The zero-order chi connectivity index (χ0) is 35.5. The van der Waals surface area contributed by atoms with Gasteiger partial charge in [-0.3, -0.25) is 0 Å². The number of fused-ring (bicyclic) bond motifs is 6. The van der Waals surface area contributed by atoms with Gasteiger partial charge < -0.3 is 14.4 Å². The van der Waals surface area contributed by atoms with Crippen molar-refractivity contribution in [1.82, 2.24) is 0 Å². The second kappa shape index (κ2) is 12.1. The lowest BCUT2D eigenvalue weighted by Gasteiger charge is -2.35. The molecule has 9 aromatic rings. The van der Waals surface area contributed by atoms with E-state index in [1.165, 1.54) is 22.3 Å². The number of para-hydroxylation sites is 1. The number of hydrogen-bond acceptors (Lipinski definition) is 3. The van der Waals surface area contributed by atoms with Crippen LogP contribution in [0.5, 0.6) is 5.75 Å². The molecule has 1 N–H and O–H groups in total. The number of phenolic OH excluding ortho intramolecular Hbond substituents is 1. The fourth-order valence-electron chi connectivity index (χ4n) is 8.55. The van der Waals surface area contributed by atoms with Gasteiger partial charge in [0.05, 0.1) is 5.69 Å². The molecule has 1 aliphatic carbocycles. The molecule has 3 nitrogen and oxygen atoms in total. The van der Waals surface area contributed by atoms with Crippen LogP contribution >= 0.6 is 0 Å². The Balaban J connectivity index is 1.28. The van der Waals surface area contributed by atoms with Crippen molar-refractivity contribution in [3.05, 3.63) is 205 Å². The molecule has 10 rings (SSSR count). The Morgan fingerprint density at radius 2 is 1.04 bits per heavy atom. The largest absolute Gasteiger partial charge is 0.507 e. The molecule has 0 radical (unpaired) electrons. The molecule has 0 unspecified atom stereocenters. The lowest BCUT2D eigenvalue weighted by Crippen LogP contribution is -2.26. The molecule has 0 bridgehead atoms. The third-order valence-corrected chi connectivity index (χ3v) is 11.0. The SMILES string of the molecule is CC1(c2c(N(c3ccc(-c4ccccc4)cc3)c3ccc(-c4ccccc4)c(O)c3)ccc3c2oc2ccccc23)c2ccccc2-c2ccccc21. The third-order valence-electron chi connectivity index (χ3n) is 11.0. The zero-order valence-corrected chi connectivity index (χ0v) is 29.2. The Labute approximate surface area is 308 Å². The van der Waals surface area contributed by atoms with Gasteiger partial charge in [-0.15, -0.1) is 0 Å². The van der Waals surface area contributed by atoms with E-state index in [0.717, 1.165) is 66.8 Å². The number of rotatable bonds is 6. The van der Waals surface area contributed by atoms with Crippen molar-refractivity contribution in [3.8, 4) is 39.1 Å². The maximum Gasteiger partial charge on any atom is 0.141 e. The summed E-state index contributed by atoms with van der Waals surface area (Å²) < 4.78 is 6.96. The second-order valence-corrected chi connectivity index (χ2v) is 14.0. The summed E-state index contributed by atoms with van der Waals surface area (Å²) in [7, 11) is 0. The van der Waals surface area contributed by atoms with E-state index in [2.05, 4.69) is 145 Å². The quantitative estimate of drug-likeness (QED) is 0.190. The van der Waals surface area contributed by atoms with Gasteiger partial charge in [-0.2, -0.15) is 0 Å². The van der Waals surface area contributed by atoms with Crippen LogP contribution in [0.2, 0.25) is 0 Å². The molecule has 0 saturated carbocycles. The zero-order valence-electron chi connectivity index (χ0n) is 29.2. The summed E-state index contributed by atoms with van der Waals surface area (Å²) in [4.78, 5) is 2.28. The van der Waals surface area contributed by atoms with E-state index in [1.54, 1.807) is 0 Å². The first-order chi connectivity index (χ1) is 26.1. The lowest BCUT2D eigenvalue weighted by molar-refractivity contribution is 0.477. The molecule has 1 aliphatic rings. The molecule has 252 valence electrons. The lowest BCUT2D eigenvalue weighted by atomic mass is 9.72. The molecule has 8 aromatic carbocycles. The minimum Gasteiger partial charge on any atom is -0.507 e. The van der Waals surface area contributed by atoms with Gasteiger partial charge in [-0.05, 0) is 88.3 Å². The van der Waals surface area contributed by atoms with Crippen LogP contribution in [-0.4, -0.2) is 5.11 Å².